The third-order valence-electron chi connectivity index (χ3n) is 4.68. The van der Waals surface area contributed by atoms with E-state index < -0.39 is 0 Å². The highest BCUT2D eigenvalue weighted by Gasteiger charge is 2.18. The lowest BCUT2D eigenvalue weighted by molar-refractivity contribution is 0.0949. The van der Waals surface area contributed by atoms with Crippen molar-refractivity contribution in [1.82, 2.24) is 10.3 Å². The van der Waals surface area contributed by atoms with Gasteiger partial charge in [-0.05, 0) is 60.1 Å². The van der Waals surface area contributed by atoms with E-state index in [2.05, 4.69) is 37.8 Å². The molecule has 144 valence electrons. The van der Waals surface area contributed by atoms with Crippen molar-refractivity contribution in [2.45, 2.75) is 25.8 Å². The fraction of sp³-hybridized carbons (Fsp3) is 0.400. The molecule has 1 N–H and O–H groups in total. The molecule has 0 bridgehead atoms. The Morgan fingerprint density at radius 3 is 2.59 bits per heavy atom. The molecule has 27 heavy (non-hydrogen) atoms. The maximum atomic E-state index is 12.7. The summed E-state index contributed by atoms with van der Waals surface area (Å²) < 4.78 is 11.4. The van der Waals surface area contributed by atoms with Crippen LogP contribution in [0, 0.1) is 3.57 Å². The number of benzene rings is 1. The molecule has 1 aliphatic rings. The quantitative estimate of drug-likeness (QED) is 0.639. The Morgan fingerprint density at radius 1 is 1.19 bits per heavy atom. The van der Waals surface area contributed by atoms with Gasteiger partial charge in [-0.15, -0.1) is 0 Å². The smallest absolute Gasteiger partial charge is 0.252 e. The van der Waals surface area contributed by atoms with Gasteiger partial charge in [0.1, 0.15) is 5.82 Å². The van der Waals surface area contributed by atoms with Crippen LogP contribution in [-0.2, 0) is 6.54 Å². The first-order valence-corrected chi connectivity index (χ1v) is 10.1. The Kier molecular flexibility index (Phi) is 6.76. The van der Waals surface area contributed by atoms with Crippen LogP contribution in [0.5, 0.6) is 11.5 Å². The van der Waals surface area contributed by atoms with Crippen molar-refractivity contribution in [2.75, 3.05) is 32.2 Å². The lowest BCUT2D eigenvalue weighted by Crippen LogP contribution is -2.32. The fourth-order valence-electron chi connectivity index (χ4n) is 3.26. The summed E-state index contributed by atoms with van der Waals surface area (Å²) in [7, 11) is 3.14. The number of piperidine rings is 1. The molecule has 1 aromatic heterocycles. The standard InChI is InChI=1S/C20H24IN3O3/c1-26-17-11-15(16(21)12-18(17)27-2)20(25)23-13-14-7-6-8-22-19(14)24-9-4-3-5-10-24/h6-8,11-12H,3-5,9-10,13H2,1-2H3,(H,23,25). The average Bonchev–Trinajstić information content (AvgIpc) is 2.72. The Balaban J connectivity index is 1.75. The van der Waals surface area contributed by atoms with Gasteiger partial charge in [0, 0.05) is 35.0 Å². The summed E-state index contributed by atoms with van der Waals surface area (Å²) in [4.78, 5) is 19.6. The van der Waals surface area contributed by atoms with E-state index in [9.17, 15) is 4.79 Å². The summed E-state index contributed by atoms with van der Waals surface area (Å²) in [6.45, 7) is 2.47. The lowest BCUT2D eigenvalue weighted by Gasteiger charge is -2.29. The van der Waals surface area contributed by atoms with Crippen molar-refractivity contribution in [2.24, 2.45) is 0 Å². The van der Waals surface area contributed by atoms with Crippen LogP contribution in [0.2, 0.25) is 0 Å². The Labute approximate surface area is 173 Å². The van der Waals surface area contributed by atoms with E-state index in [0.717, 1.165) is 28.0 Å². The number of amides is 1. The number of hydrogen-bond acceptors (Lipinski definition) is 5. The molecular weight excluding hydrogens is 457 g/mol. The monoisotopic (exact) mass is 481 g/mol. The van der Waals surface area contributed by atoms with Crippen molar-refractivity contribution >= 4 is 34.3 Å². The largest absolute Gasteiger partial charge is 0.493 e. The van der Waals surface area contributed by atoms with Crippen LogP contribution >= 0.6 is 22.6 Å². The third-order valence-corrected chi connectivity index (χ3v) is 5.57. The first-order valence-electron chi connectivity index (χ1n) is 9.02. The van der Waals surface area contributed by atoms with E-state index in [1.807, 2.05) is 18.3 Å². The van der Waals surface area contributed by atoms with Crippen LogP contribution in [0.3, 0.4) is 0 Å². The molecule has 1 saturated heterocycles. The Morgan fingerprint density at radius 2 is 1.89 bits per heavy atom. The van der Waals surface area contributed by atoms with Gasteiger partial charge in [0.05, 0.1) is 19.8 Å². The van der Waals surface area contributed by atoms with Gasteiger partial charge >= 0.3 is 0 Å². The van der Waals surface area contributed by atoms with Gasteiger partial charge in [0.15, 0.2) is 11.5 Å². The van der Waals surface area contributed by atoms with Crippen LogP contribution in [0.4, 0.5) is 5.82 Å². The van der Waals surface area contributed by atoms with Gasteiger partial charge in [-0.2, -0.15) is 0 Å². The highest BCUT2D eigenvalue weighted by molar-refractivity contribution is 14.1. The van der Waals surface area contributed by atoms with Crippen molar-refractivity contribution < 1.29 is 14.3 Å². The molecule has 0 saturated carbocycles. The van der Waals surface area contributed by atoms with E-state index in [1.165, 1.54) is 19.3 Å². The molecule has 1 aromatic carbocycles. The SMILES string of the molecule is COc1cc(I)c(C(=O)NCc2cccnc2N2CCCCC2)cc1OC. The summed E-state index contributed by atoms with van der Waals surface area (Å²) in [5, 5.41) is 3.02. The van der Waals surface area contributed by atoms with Crippen LogP contribution < -0.4 is 19.7 Å². The number of ether oxygens (including phenoxy) is 2. The van der Waals surface area contributed by atoms with Gasteiger partial charge in [0.2, 0.25) is 0 Å². The highest BCUT2D eigenvalue weighted by atomic mass is 127. The topological polar surface area (TPSA) is 63.7 Å². The van der Waals surface area contributed by atoms with Crippen molar-refractivity contribution in [3.63, 3.8) is 0 Å². The minimum atomic E-state index is -0.145. The minimum absolute atomic E-state index is 0.145. The van der Waals surface area contributed by atoms with E-state index in [0.29, 0.717) is 23.6 Å². The molecule has 1 fully saturated rings. The molecule has 0 spiro atoms. The Hall–Kier alpha value is -2.03. The number of pyridine rings is 1. The van der Waals surface area contributed by atoms with Gasteiger partial charge in [0.25, 0.3) is 5.91 Å². The number of halogens is 1. The van der Waals surface area contributed by atoms with Crippen LogP contribution in [0.15, 0.2) is 30.5 Å². The van der Waals surface area contributed by atoms with Crippen molar-refractivity contribution in [3.05, 3.63) is 45.2 Å². The summed E-state index contributed by atoms with van der Waals surface area (Å²) in [6.07, 6.45) is 5.46. The number of carbonyl (C=O) groups is 1. The molecule has 0 radical (unpaired) electrons. The summed E-state index contributed by atoms with van der Waals surface area (Å²) in [5.41, 5.74) is 1.60. The molecule has 0 atom stereocenters. The van der Waals surface area contributed by atoms with Crippen molar-refractivity contribution in [1.29, 1.82) is 0 Å². The van der Waals surface area contributed by atoms with Gasteiger partial charge in [-0.25, -0.2) is 4.98 Å². The number of nitrogens with zero attached hydrogens (tertiary/aromatic N) is 2. The van der Waals surface area contributed by atoms with E-state index in [-0.39, 0.29) is 5.91 Å². The maximum Gasteiger partial charge on any atom is 0.252 e. The third kappa shape index (κ3) is 4.63. The summed E-state index contributed by atoms with van der Waals surface area (Å²) in [6, 6.07) is 7.45. The molecule has 0 unspecified atom stereocenters. The Bertz CT molecular complexity index is 807. The molecule has 1 amide bonds. The number of nitrogens with one attached hydrogen (secondary N) is 1. The van der Waals surface area contributed by atoms with E-state index in [1.54, 1.807) is 26.4 Å². The first kappa shape index (κ1) is 19.7. The molecule has 0 aliphatic carbocycles. The number of rotatable bonds is 6. The molecule has 3 rings (SSSR count). The van der Waals surface area contributed by atoms with E-state index in [4.69, 9.17) is 9.47 Å². The normalized spacial score (nSPS) is 14.0. The second-order valence-corrected chi connectivity index (χ2v) is 7.57. The fourth-order valence-corrected chi connectivity index (χ4v) is 3.94. The van der Waals surface area contributed by atoms with Crippen molar-refractivity contribution in [3.8, 4) is 11.5 Å². The average molecular weight is 481 g/mol. The zero-order valence-corrected chi connectivity index (χ0v) is 17.8. The first-order chi connectivity index (χ1) is 13.1. The highest BCUT2D eigenvalue weighted by Crippen LogP contribution is 2.31. The predicted molar refractivity (Wildman–Crippen MR) is 114 cm³/mol. The minimum Gasteiger partial charge on any atom is -0.493 e. The number of anilines is 1. The summed E-state index contributed by atoms with van der Waals surface area (Å²) >= 11 is 2.14. The molecule has 1 aliphatic heterocycles. The molecule has 2 heterocycles. The molecular formula is C20H24IN3O3. The number of carbonyl (C=O) groups excluding carboxylic acids is 1. The number of aromatic nitrogens is 1. The van der Waals surface area contributed by atoms with Crippen LogP contribution in [0.1, 0.15) is 35.2 Å². The maximum absolute atomic E-state index is 12.7. The molecule has 6 nitrogen and oxygen atoms in total. The lowest BCUT2D eigenvalue weighted by atomic mass is 10.1. The second kappa shape index (κ2) is 9.25. The van der Waals surface area contributed by atoms with Gasteiger partial charge < -0.3 is 19.7 Å². The van der Waals surface area contributed by atoms with Gasteiger partial charge in [-0.1, -0.05) is 6.07 Å². The van der Waals surface area contributed by atoms with Gasteiger partial charge in [-0.3, -0.25) is 4.79 Å². The second-order valence-electron chi connectivity index (χ2n) is 6.40. The van der Waals surface area contributed by atoms with Crippen LogP contribution in [-0.4, -0.2) is 38.2 Å². The molecule has 7 heteroatoms. The molecule has 2 aromatic rings. The predicted octanol–water partition coefficient (Wildman–Crippen LogP) is 3.62. The number of hydrogen-bond donors (Lipinski definition) is 1. The van der Waals surface area contributed by atoms with E-state index >= 15 is 0 Å². The zero-order chi connectivity index (χ0) is 19.2. The zero-order valence-electron chi connectivity index (χ0n) is 15.6. The summed E-state index contributed by atoms with van der Waals surface area (Å²) in [5.74, 6) is 1.98. The van der Waals surface area contributed by atoms with Crippen LogP contribution in [0.25, 0.3) is 0 Å². The number of methoxy groups -OCH3 is 2.